The Morgan fingerprint density at radius 1 is 1.07 bits per heavy atom. The number of aromatic nitrogens is 2. The van der Waals surface area contributed by atoms with E-state index in [9.17, 15) is 9.59 Å². The number of carbonyl (C=O) groups is 2. The van der Waals surface area contributed by atoms with Crippen LogP contribution in [-0.4, -0.2) is 51.9 Å². The zero-order valence-electron chi connectivity index (χ0n) is 27.0. The largest absolute Gasteiger partial charge is 0.483 e. The lowest BCUT2D eigenvalue weighted by atomic mass is 9.71. The fraction of sp³-hybridized carbons (Fsp3) is 0.474. The van der Waals surface area contributed by atoms with Crippen LogP contribution < -0.4 is 5.56 Å². The number of allylic oxidation sites excluding steroid dienone is 1. The molecule has 1 fully saturated rings. The van der Waals surface area contributed by atoms with Crippen molar-refractivity contribution < 1.29 is 14.7 Å². The molecule has 2 atom stereocenters. The average molecular weight is 610 g/mol. The molecule has 0 radical (unpaired) electrons. The number of piperidine rings is 1. The first-order valence-corrected chi connectivity index (χ1v) is 16.5. The first-order chi connectivity index (χ1) is 21.6. The first-order valence-electron chi connectivity index (χ1n) is 16.5. The van der Waals surface area contributed by atoms with E-state index < -0.39 is 0 Å². The Balaban J connectivity index is 0.00000128. The van der Waals surface area contributed by atoms with Crippen LogP contribution in [0.5, 0.6) is 0 Å². The monoisotopic (exact) mass is 609 g/mol. The van der Waals surface area contributed by atoms with Crippen molar-refractivity contribution in [3.05, 3.63) is 92.7 Å². The van der Waals surface area contributed by atoms with Crippen LogP contribution in [0.1, 0.15) is 93.3 Å². The highest BCUT2D eigenvalue weighted by Crippen LogP contribution is 2.39. The van der Waals surface area contributed by atoms with Crippen LogP contribution in [0.25, 0.3) is 17.2 Å². The number of H-pyrrole nitrogens is 1. The number of pyridine rings is 2. The maximum absolute atomic E-state index is 13.8. The summed E-state index contributed by atoms with van der Waals surface area (Å²) in [6.45, 7) is 10.1. The summed E-state index contributed by atoms with van der Waals surface area (Å²) in [5.41, 5.74) is 9.25. The molecule has 7 heteroatoms. The van der Waals surface area contributed by atoms with E-state index in [1.54, 1.807) is 12.3 Å². The van der Waals surface area contributed by atoms with Crippen LogP contribution in [0.3, 0.4) is 0 Å². The molecule has 1 aliphatic heterocycles. The van der Waals surface area contributed by atoms with Gasteiger partial charge in [0, 0.05) is 36.4 Å². The van der Waals surface area contributed by atoms with Crippen molar-refractivity contribution in [1.82, 2.24) is 14.9 Å². The lowest BCUT2D eigenvalue weighted by Crippen LogP contribution is -2.31. The summed E-state index contributed by atoms with van der Waals surface area (Å²) >= 11 is 0. The summed E-state index contributed by atoms with van der Waals surface area (Å²) in [5, 5.41) is 6.89. The summed E-state index contributed by atoms with van der Waals surface area (Å²) in [5.74, 6) is 1.10. The van der Waals surface area contributed by atoms with Gasteiger partial charge in [0.05, 0.1) is 5.69 Å². The fourth-order valence-corrected chi connectivity index (χ4v) is 7.13. The number of nitrogens with one attached hydrogen (secondary N) is 1. The first kappa shape index (κ1) is 32.6. The summed E-state index contributed by atoms with van der Waals surface area (Å²) in [6, 6.07) is 14.3. The Morgan fingerprint density at radius 3 is 2.44 bits per heavy atom. The summed E-state index contributed by atoms with van der Waals surface area (Å²) in [4.78, 5) is 44.1. The van der Waals surface area contributed by atoms with Gasteiger partial charge in [-0.3, -0.25) is 19.4 Å². The smallest absolute Gasteiger partial charge is 0.290 e. The van der Waals surface area contributed by atoms with Crippen LogP contribution in [0, 0.1) is 11.3 Å². The minimum atomic E-state index is -0.250. The minimum Gasteiger partial charge on any atom is -0.483 e. The lowest BCUT2D eigenvalue weighted by molar-refractivity contribution is -0.123. The second-order valence-electron chi connectivity index (χ2n) is 14.0. The standard InChI is InChI=1S/C37H45N3O2.CH2O2/c1-37(2,3)32-12-13-33-30(21-32)19-29-20-31(22-34(29)39-33)35(41)23-27(15-18-40-16-5-4-6-17-40)25-7-9-26(10-8-25)28-11-14-36(42)38-24-28;2-1-3/h7-11,14,19-20,24,27,32H,4-6,12-13,15-18,21-23H2,1-3H3,(H,38,42);1H,(H,2,3)/t27-,32-;/m0./s1. The lowest BCUT2D eigenvalue weighted by Gasteiger charge is -2.34. The van der Waals surface area contributed by atoms with E-state index in [4.69, 9.17) is 14.9 Å². The van der Waals surface area contributed by atoms with Crippen molar-refractivity contribution in [2.75, 3.05) is 19.6 Å². The molecule has 6 rings (SSSR count). The zero-order valence-corrected chi connectivity index (χ0v) is 27.0. The Morgan fingerprint density at radius 2 is 1.78 bits per heavy atom. The molecule has 1 aromatic carbocycles. The normalized spacial score (nSPS) is 18.6. The van der Waals surface area contributed by atoms with Gasteiger partial charge >= 0.3 is 0 Å². The SMILES string of the molecule is CC(C)(C)[C@H]1CCc2nc3c(cc2C1)C=C(C(=O)C[C@H](CCN1CCCCC1)c1ccc(-c2ccc(=O)[nH]c2)cc1)C3.O=CO. The van der Waals surface area contributed by atoms with Gasteiger partial charge in [-0.2, -0.15) is 0 Å². The number of ketones is 1. The van der Waals surface area contributed by atoms with Crippen molar-refractivity contribution >= 4 is 18.3 Å². The van der Waals surface area contributed by atoms with E-state index >= 15 is 0 Å². The van der Waals surface area contributed by atoms with Gasteiger partial charge in [-0.1, -0.05) is 51.5 Å². The molecule has 3 heterocycles. The average Bonchev–Trinajstić information content (AvgIpc) is 3.45. The Labute approximate surface area is 266 Å². The van der Waals surface area contributed by atoms with E-state index in [1.165, 1.54) is 55.6 Å². The number of hydrogen-bond acceptors (Lipinski definition) is 5. The number of nitrogens with zero attached hydrogens (tertiary/aromatic N) is 2. The third-order valence-corrected chi connectivity index (χ3v) is 9.94. The Bertz CT molecular complexity index is 1560. The molecule has 0 unspecified atom stereocenters. The van der Waals surface area contributed by atoms with E-state index in [1.807, 2.05) is 6.07 Å². The molecular weight excluding hydrogens is 562 g/mol. The highest BCUT2D eigenvalue weighted by atomic mass is 16.3. The maximum Gasteiger partial charge on any atom is 0.290 e. The van der Waals surface area contributed by atoms with E-state index in [-0.39, 0.29) is 23.7 Å². The maximum atomic E-state index is 13.8. The predicted octanol–water partition coefficient (Wildman–Crippen LogP) is 6.85. The van der Waals surface area contributed by atoms with Crippen molar-refractivity contribution in [1.29, 1.82) is 0 Å². The number of aryl methyl sites for hydroxylation is 1. The van der Waals surface area contributed by atoms with Gasteiger partial charge in [0.25, 0.3) is 6.47 Å². The van der Waals surface area contributed by atoms with Crippen molar-refractivity contribution in [3.8, 4) is 11.1 Å². The molecule has 238 valence electrons. The van der Waals surface area contributed by atoms with Crippen molar-refractivity contribution in [2.45, 2.75) is 84.5 Å². The number of aromatic amines is 1. The number of fused-ring (bicyclic) bond motifs is 2. The molecule has 1 saturated heterocycles. The molecular formula is C38H47N3O4. The molecule has 0 amide bonds. The molecule has 2 aliphatic carbocycles. The van der Waals surface area contributed by atoms with E-state index in [0.717, 1.165) is 53.8 Å². The molecule has 2 aromatic heterocycles. The number of carboxylic acid groups (broad SMARTS) is 1. The second kappa shape index (κ2) is 14.5. The molecule has 0 spiro atoms. The van der Waals surface area contributed by atoms with Crippen LogP contribution in [0.15, 0.2) is 59.0 Å². The number of hydrogen-bond donors (Lipinski definition) is 2. The molecule has 0 bridgehead atoms. The topological polar surface area (TPSA) is 103 Å². The van der Waals surface area contributed by atoms with Gasteiger partial charge in [-0.15, -0.1) is 0 Å². The second-order valence-corrected chi connectivity index (χ2v) is 14.0. The van der Waals surface area contributed by atoms with Crippen molar-refractivity contribution in [2.24, 2.45) is 11.3 Å². The van der Waals surface area contributed by atoms with Crippen LogP contribution >= 0.6 is 0 Å². The van der Waals surface area contributed by atoms with Gasteiger partial charge in [-0.25, -0.2) is 0 Å². The van der Waals surface area contributed by atoms with Gasteiger partial charge in [0.2, 0.25) is 5.56 Å². The molecule has 0 saturated carbocycles. The number of rotatable bonds is 8. The van der Waals surface area contributed by atoms with Gasteiger partial charge in [0.15, 0.2) is 5.78 Å². The third-order valence-electron chi connectivity index (χ3n) is 9.94. The van der Waals surface area contributed by atoms with Crippen LogP contribution in [0.4, 0.5) is 0 Å². The number of Topliss-reactive ketones (excluding diaryl/α,β-unsaturated/α-hetero) is 1. The molecule has 3 aliphatic rings. The van der Waals surface area contributed by atoms with Crippen molar-refractivity contribution in [3.63, 3.8) is 0 Å². The molecule has 3 aromatic rings. The molecule has 2 N–H and O–H groups in total. The van der Waals surface area contributed by atoms with Gasteiger partial charge < -0.3 is 15.0 Å². The Kier molecular flexibility index (Phi) is 10.5. The summed E-state index contributed by atoms with van der Waals surface area (Å²) in [7, 11) is 0. The fourth-order valence-electron chi connectivity index (χ4n) is 7.13. The highest BCUT2D eigenvalue weighted by Gasteiger charge is 2.31. The highest BCUT2D eigenvalue weighted by molar-refractivity contribution is 6.02. The van der Waals surface area contributed by atoms with Gasteiger partial charge in [-0.05, 0) is 121 Å². The number of benzene rings is 1. The third kappa shape index (κ3) is 8.26. The van der Waals surface area contributed by atoms with E-state index in [2.05, 4.69) is 67.1 Å². The number of carbonyl (C=O) groups excluding carboxylic acids is 1. The zero-order chi connectivity index (χ0) is 32.0. The summed E-state index contributed by atoms with van der Waals surface area (Å²) < 4.78 is 0. The predicted molar refractivity (Wildman–Crippen MR) is 179 cm³/mol. The molecule has 7 nitrogen and oxygen atoms in total. The summed E-state index contributed by atoms with van der Waals surface area (Å²) in [6.07, 6.45) is 13.3. The van der Waals surface area contributed by atoms with Crippen LogP contribution in [-0.2, 0) is 28.9 Å². The number of likely N-dealkylation sites (tertiary alicyclic amines) is 1. The van der Waals surface area contributed by atoms with Gasteiger partial charge in [0.1, 0.15) is 0 Å². The molecule has 45 heavy (non-hydrogen) atoms. The van der Waals surface area contributed by atoms with E-state index in [0.29, 0.717) is 24.2 Å². The van der Waals surface area contributed by atoms with Crippen LogP contribution in [0.2, 0.25) is 0 Å². The quantitative estimate of drug-likeness (QED) is 0.271. The Hall–Kier alpha value is -3.84. The minimum absolute atomic E-state index is 0.0977.